The molecule has 92 valence electrons. The molecule has 0 radical (unpaired) electrons. The smallest absolute Gasteiger partial charge is 0.0205 e. The minimum Gasteiger partial charge on any atom is -0.312 e. The second-order valence-electron chi connectivity index (χ2n) is 5.13. The van der Waals surface area contributed by atoms with Crippen molar-refractivity contribution in [2.24, 2.45) is 5.92 Å². The molecule has 1 N–H and O–H groups in total. The molecule has 3 rings (SSSR count). The molecule has 0 heterocycles. The lowest BCUT2D eigenvalue weighted by molar-refractivity contribution is 0.627. The zero-order valence-corrected chi connectivity index (χ0v) is 10.5. The Bertz CT molecular complexity index is 477. The second-order valence-corrected chi connectivity index (χ2v) is 5.13. The van der Waals surface area contributed by atoms with Crippen LogP contribution in [0.15, 0.2) is 60.7 Å². The molecule has 0 spiro atoms. The SMILES string of the molecule is c1ccc(CNC[C@H]2C[C@@H]2c2ccccc2)cc1. The average molecular weight is 237 g/mol. The monoisotopic (exact) mass is 237 g/mol. The molecule has 1 aliphatic rings. The van der Waals surface area contributed by atoms with Gasteiger partial charge in [0, 0.05) is 6.54 Å². The van der Waals surface area contributed by atoms with Crippen LogP contribution in [0.1, 0.15) is 23.5 Å². The van der Waals surface area contributed by atoms with Crippen LogP contribution in [0.3, 0.4) is 0 Å². The van der Waals surface area contributed by atoms with E-state index in [1.54, 1.807) is 0 Å². The molecule has 1 heteroatoms. The van der Waals surface area contributed by atoms with E-state index in [1.807, 2.05) is 0 Å². The fraction of sp³-hybridized carbons (Fsp3) is 0.294. The summed E-state index contributed by atoms with van der Waals surface area (Å²) >= 11 is 0. The molecule has 0 unspecified atom stereocenters. The molecule has 0 saturated heterocycles. The Morgan fingerprint density at radius 3 is 2.28 bits per heavy atom. The summed E-state index contributed by atoms with van der Waals surface area (Å²) in [5.74, 6) is 1.62. The highest BCUT2D eigenvalue weighted by atomic mass is 14.9. The van der Waals surface area contributed by atoms with E-state index < -0.39 is 0 Å². The summed E-state index contributed by atoms with van der Waals surface area (Å²) in [7, 11) is 0. The first-order valence-corrected chi connectivity index (χ1v) is 6.73. The van der Waals surface area contributed by atoms with Crippen LogP contribution in [-0.4, -0.2) is 6.54 Å². The van der Waals surface area contributed by atoms with Crippen LogP contribution >= 0.6 is 0 Å². The Labute approximate surface area is 109 Å². The molecule has 2 aromatic carbocycles. The molecule has 1 saturated carbocycles. The third kappa shape index (κ3) is 2.80. The van der Waals surface area contributed by atoms with Gasteiger partial charge >= 0.3 is 0 Å². The Hall–Kier alpha value is -1.60. The molecule has 1 fully saturated rings. The van der Waals surface area contributed by atoms with Crippen molar-refractivity contribution in [1.29, 1.82) is 0 Å². The zero-order chi connectivity index (χ0) is 12.2. The summed E-state index contributed by atoms with van der Waals surface area (Å²) in [6.07, 6.45) is 1.34. The van der Waals surface area contributed by atoms with E-state index >= 15 is 0 Å². The Kier molecular flexibility index (Phi) is 3.42. The van der Waals surface area contributed by atoms with E-state index in [9.17, 15) is 0 Å². The van der Waals surface area contributed by atoms with E-state index in [-0.39, 0.29) is 0 Å². The van der Waals surface area contributed by atoms with Crippen LogP contribution in [0, 0.1) is 5.92 Å². The summed E-state index contributed by atoms with van der Waals surface area (Å²) in [6, 6.07) is 21.5. The van der Waals surface area contributed by atoms with Gasteiger partial charge in [-0.05, 0) is 35.9 Å². The quantitative estimate of drug-likeness (QED) is 0.838. The largest absolute Gasteiger partial charge is 0.312 e. The van der Waals surface area contributed by atoms with E-state index in [4.69, 9.17) is 0 Å². The summed E-state index contributed by atoms with van der Waals surface area (Å²) in [6.45, 7) is 2.12. The van der Waals surface area contributed by atoms with Crippen LogP contribution in [0.5, 0.6) is 0 Å². The lowest BCUT2D eigenvalue weighted by Crippen LogP contribution is -2.16. The number of rotatable bonds is 5. The van der Waals surface area contributed by atoms with Crippen molar-refractivity contribution in [3.63, 3.8) is 0 Å². The number of nitrogens with one attached hydrogen (secondary N) is 1. The van der Waals surface area contributed by atoms with E-state index in [0.717, 1.165) is 24.9 Å². The van der Waals surface area contributed by atoms with Gasteiger partial charge in [0.15, 0.2) is 0 Å². The van der Waals surface area contributed by atoms with Gasteiger partial charge in [-0.15, -0.1) is 0 Å². The van der Waals surface area contributed by atoms with Gasteiger partial charge in [0.1, 0.15) is 0 Å². The molecule has 0 aromatic heterocycles. The Morgan fingerprint density at radius 1 is 0.889 bits per heavy atom. The van der Waals surface area contributed by atoms with Crippen molar-refractivity contribution in [1.82, 2.24) is 5.32 Å². The normalized spacial score (nSPS) is 21.8. The molecule has 1 nitrogen and oxygen atoms in total. The highest BCUT2D eigenvalue weighted by Gasteiger charge is 2.37. The molecule has 1 aliphatic carbocycles. The van der Waals surface area contributed by atoms with Crippen molar-refractivity contribution in [3.05, 3.63) is 71.8 Å². The molecule has 18 heavy (non-hydrogen) atoms. The van der Waals surface area contributed by atoms with Gasteiger partial charge < -0.3 is 5.32 Å². The van der Waals surface area contributed by atoms with Gasteiger partial charge in [0.05, 0.1) is 0 Å². The van der Waals surface area contributed by atoms with Crippen molar-refractivity contribution < 1.29 is 0 Å². The fourth-order valence-corrected chi connectivity index (χ4v) is 2.58. The molecule has 0 bridgehead atoms. The fourth-order valence-electron chi connectivity index (χ4n) is 2.58. The third-order valence-corrected chi connectivity index (χ3v) is 3.73. The molecule has 0 aliphatic heterocycles. The van der Waals surface area contributed by atoms with Crippen LogP contribution in [0.2, 0.25) is 0 Å². The van der Waals surface area contributed by atoms with Crippen molar-refractivity contribution in [2.75, 3.05) is 6.54 Å². The van der Waals surface area contributed by atoms with Crippen LogP contribution in [0.4, 0.5) is 0 Å². The van der Waals surface area contributed by atoms with Gasteiger partial charge in [-0.1, -0.05) is 60.7 Å². The van der Waals surface area contributed by atoms with E-state index in [2.05, 4.69) is 66.0 Å². The molecule has 2 aromatic rings. The van der Waals surface area contributed by atoms with Crippen LogP contribution < -0.4 is 5.32 Å². The summed E-state index contributed by atoms with van der Waals surface area (Å²) in [5.41, 5.74) is 2.87. The van der Waals surface area contributed by atoms with Crippen LogP contribution in [-0.2, 0) is 6.54 Å². The first kappa shape index (κ1) is 11.5. The van der Waals surface area contributed by atoms with Gasteiger partial charge in [0.25, 0.3) is 0 Å². The summed E-state index contributed by atoms with van der Waals surface area (Å²) in [5, 5.41) is 3.56. The number of hydrogen-bond acceptors (Lipinski definition) is 1. The Balaban J connectivity index is 1.44. The minimum atomic E-state index is 0.787. The topological polar surface area (TPSA) is 12.0 Å². The predicted molar refractivity (Wildman–Crippen MR) is 75.4 cm³/mol. The molecular weight excluding hydrogens is 218 g/mol. The highest BCUT2D eigenvalue weighted by molar-refractivity contribution is 5.25. The van der Waals surface area contributed by atoms with Gasteiger partial charge in [0.2, 0.25) is 0 Å². The van der Waals surface area contributed by atoms with Crippen LogP contribution in [0.25, 0.3) is 0 Å². The maximum absolute atomic E-state index is 3.56. The average Bonchev–Trinajstić information content (AvgIpc) is 3.21. The van der Waals surface area contributed by atoms with E-state index in [0.29, 0.717) is 0 Å². The molecule has 2 atom stereocenters. The van der Waals surface area contributed by atoms with Gasteiger partial charge in [-0.2, -0.15) is 0 Å². The number of benzene rings is 2. The second kappa shape index (κ2) is 5.36. The number of hydrogen-bond donors (Lipinski definition) is 1. The zero-order valence-electron chi connectivity index (χ0n) is 10.5. The predicted octanol–water partition coefficient (Wildman–Crippen LogP) is 3.58. The Morgan fingerprint density at radius 2 is 1.56 bits per heavy atom. The first-order valence-electron chi connectivity index (χ1n) is 6.73. The van der Waals surface area contributed by atoms with Gasteiger partial charge in [-0.25, -0.2) is 0 Å². The van der Waals surface area contributed by atoms with Crippen molar-refractivity contribution in [2.45, 2.75) is 18.9 Å². The maximum atomic E-state index is 3.56. The third-order valence-electron chi connectivity index (χ3n) is 3.73. The first-order chi connectivity index (χ1) is 8.93. The highest BCUT2D eigenvalue weighted by Crippen LogP contribution is 2.46. The molecular formula is C17H19N. The maximum Gasteiger partial charge on any atom is 0.0205 e. The van der Waals surface area contributed by atoms with Crippen molar-refractivity contribution in [3.8, 4) is 0 Å². The van der Waals surface area contributed by atoms with Crippen molar-refractivity contribution >= 4 is 0 Å². The minimum absolute atomic E-state index is 0.787. The van der Waals surface area contributed by atoms with E-state index in [1.165, 1.54) is 17.5 Å². The summed E-state index contributed by atoms with van der Waals surface area (Å²) < 4.78 is 0. The lowest BCUT2D eigenvalue weighted by atomic mass is 10.1. The standard InChI is InChI=1S/C17H19N/c1-3-7-14(8-4-1)12-18-13-16-11-17(16)15-9-5-2-6-10-15/h1-10,16-18H,11-13H2/t16-,17-/m1/s1. The van der Waals surface area contributed by atoms with Gasteiger partial charge in [-0.3, -0.25) is 0 Å². The molecule has 0 amide bonds. The summed E-state index contributed by atoms with van der Waals surface area (Å²) in [4.78, 5) is 0. The lowest BCUT2D eigenvalue weighted by Gasteiger charge is -2.04.